The lowest BCUT2D eigenvalue weighted by molar-refractivity contribution is 1.16. The fourth-order valence-corrected chi connectivity index (χ4v) is 10.8. The van der Waals surface area contributed by atoms with Crippen molar-refractivity contribution < 1.29 is 0 Å². The Hall–Kier alpha value is -8.51. The third-order valence-corrected chi connectivity index (χ3v) is 14.1. The standard InChI is InChI=1S/C62H40N4S/c1-4-15-41(16-5-1)42-27-29-44(30-28-42)53-40-54(64-62(63-53)45-18-6-2-7-19-45)48-20-14-23-50(37-48)66-55-34-32-46(38-52(55)61-51-24-11-10-17-43(51)31-35-57(61)66)47-33-36-60-58(39-47)65(49-21-8-3-9-22-49)56-25-12-13-26-59(56)67-60/h1-40H. The van der Waals surface area contributed by atoms with Crippen molar-refractivity contribution in [2.75, 3.05) is 4.90 Å². The molecule has 3 heterocycles. The van der Waals surface area contributed by atoms with E-state index in [-0.39, 0.29) is 0 Å². The molecular formula is C62H40N4S. The normalized spacial score (nSPS) is 12.1. The van der Waals surface area contributed by atoms with E-state index in [1.54, 1.807) is 0 Å². The summed E-state index contributed by atoms with van der Waals surface area (Å²) in [5.74, 6) is 0.693. The smallest absolute Gasteiger partial charge is 0.160 e. The molecule has 2 aromatic heterocycles. The Balaban J connectivity index is 0.952. The second-order valence-electron chi connectivity index (χ2n) is 17.0. The number of hydrogen-bond acceptors (Lipinski definition) is 4. The molecule has 1 aliphatic heterocycles. The van der Waals surface area contributed by atoms with Crippen LogP contribution in [0.3, 0.4) is 0 Å². The maximum atomic E-state index is 5.24. The van der Waals surface area contributed by atoms with Crippen molar-refractivity contribution in [2.24, 2.45) is 0 Å². The first-order valence-corrected chi connectivity index (χ1v) is 23.5. The summed E-state index contributed by atoms with van der Waals surface area (Å²) in [7, 11) is 0. The monoisotopic (exact) mass is 872 g/mol. The summed E-state index contributed by atoms with van der Waals surface area (Å²) >= 11 is 1.84. The van der Waals surface area contributed by atoms with Crippen LogP contribution in [0.1, 0.15) is 0 Å². The van der Waals surface area contributed by atoms with Gasteiger partial charge in [-0.3, -0.25) is 0 Å². The zero-order chi connectivity index (χ0) is 44.3. The lowest BCUT2D eigenvalue weighted by atomic mass is 9.99. The second-order valence-corrected chi connectivity index (χ2v) is 18.1. The number of aromatic nitrogens is 3. The van der Waals surface area contributed by atoms with Gasteiger partial charge in [-0.15, -0.1) is 0 Å². The molecule has 5 heteroatoms. The van der Waals surface area contributed by atoms with Gasteiger partial charge < -0.3 is 9.47 Å². The first-order valence-electron chi connectivity index (χ1n) is 22.6. The average Bonchev–Trinajstić information content (AvgIpc) is 3.75. The number of hydrogen-bond donors (Lipinski definition) is 0. The molecule has 0 aliphatic carbocycles. The molecule has 0 amide bonds. The van der Waals surface area contributed by atoms with Gasteiger partial charge in [0.1, 0.15) is 0 Å². The van der Waals surface area contributed by atoms with Gasteiger partial charge in [-0.25, -0.2) is 9.97 Å². The number of rotatable bonds is 7. The third-order valence-electron chi connectivity index (χ3n) is 13.0. The van der Waals surface area contributed by atoms with Crippen molar-refractivity contribution in [1.82, 2.24) is 14.5 Å². The van der Waals surface area contributed by atoms with Crippen molar-refractivity contribution in [3.63, 3.8) is 0 Å². The first kappa shape index (κ1) is 38.9. The van der Waals surface area contributed by atoms with Crippen LogP contribution in [0.4, 0.5) is 17.1 Å². The van der Waals surface area contributed by atoms with Gasteiger partial charge in [0.05, 0.1) is 33.8 Å². The van der Waals surface area contributed by atoms with E-state index in [9.17, 15) is 0 Å². The van der Waals surface area contributed by atoms with E-state index in [2.05, 4.69) is 234 Å². The summed E-state index contributed by atoms with van der Waals surface area (Å²) in [4.78, 5) is 15.3. The predicted molar refractivity (Wildman–Crippen MR) is 280 cm³/mol. The Labute approximate surface area is 393 Å². The second kappa shape index (κ2) is 16.2. The Morgan fingerprint density at radius 3 is 1.73 bits per heavy atom. The number of nitrogens with zero attached hydrogens (tertiary/aromatic N) is 4. The minimum absolute atomic E-state index is 0.693. The summed E-state index contributed by atoms with van der Waals surface area (Å²) < 4.78 is 2.42. The molecule has 4 nitrogen and oxygen atoms in total. The van der Waals surface area contributed by atoms with Crippen LogP contribution in [0.5, 0.6) is 0 Å². The van der Waals surface area contributed by atoms with Crippen LogP contribution in [-0.2, 0) is 0 Å². The largest absolute Gasteiger partial charge is 0.309 e. The fraction of sp³-hybridized carbons (Fsp3) is 0. The molecule has 314 valence electrons. The lowest BCUT2D eigenvalue weighted by Crippen LogP contribution is -2.14. The Morgan fingerprint density at radius 2 is 0.910 bits per heavy atom. The van der Waals surface area contributed by atoms with E-state index < -0.39 is 0 Å². The van der Waals surface area contributed by atoms with Gasteiger partial charge in [0.25, 0.3) is 0 Å². The molecule has 12 aromatic rings. The van der Waals surface area contributed by atoms with Gasteiger partial charge in [-0.1, -0.05) is 182 Å². The molecule has 0 N–H and O–H groups in total. The molecule has 0 bridgehead atoms. The molecule has 67 heavy (non-hydrogen) atoms. The van der Waals surface area contributed by atoms with Crippen LogP contribution in [0.25, 0.3) is 94.4 Å². The molecule has 0 saturated carbocycles. The SMILES string of the molecule is c1ccc(-c2ccc(-c3cc(-c4cccc(-n5c6ccc(-c7ccc8c(c7)N(c7ccccc7)c7ccccc7S8)cc6c6c7ccccc7ccc65)c4)nc(-c4ccccc4)n3)cc2)cc1. The van der Waals surface area contributed by atoms with Crippen LogP contribution >= 0.6 is 11.8 Å². The van der Waals surface area contributed by atoms with Gasteiger partial charge in [0, 0.05) is 48.6 Å². The van der Waals surface area contributed by atoms with Crippen LogP contribution in [-0.4, -0.2) is 14.5 Å². The summed E-state index contributed by atoms with van der Waals surface area (Å²) in [5, 5.41) is 4.90. The zero-order valence-corrected chi connectivity index (χ0v) is 37.1. The number of benzene rings is 10. The van der Waals surface area contributed by atoms with Crippen molar-refractivity contribution in [3.05, 3.63) is 243 Å². The quantitative estimate of drug-likeness (QED) is 0.160. The summed E-state index contributed by atoms with van der Waals surface area (Å²) in [6.45, 7) is 0. The fourth-order valence-electron chi connectivity index (χ4n) is 9.77. The topological polar surface area (TPSA) is 34.0 Å². The van der Waals surface area contributed by atoms with E-state index in [0.717, 1.165) is 50.5 Å². The van der Waals surface area contributed by atoms with Gasteiger partial charge >= 0.3 is 0 Å². The first-order chi connectivity index (χ1) is 33.2. The predicted octanol–water partition coefficient (Wildman–Crippen LogP) is 17.0. The van der Waals surface area contributed by atoms with Crippen molar-refractivity contribution in [1.29, 1.82) is 0 Å². The molecule has 0 fully saturated rings. The molecule has 0 spiro atoms. The number of fused-ring (bicyclic) bond motifs is 7. The van der Waals surface area contributed by atoms with Crippen LogP contribution in [0.15, 0.2) is 252 Å². The van der Waals surface area contributed by atoms with Gasteiger partial charge in [0.2, 0.25) is 0 Å². The summed E-state index contributed by atoms with van der Waals surface area (Å²) in [5.41, 5.74) is 16.4. The van der Waals surface area contributed by atoms with E-state index in [1.807, 2.05) is 30.0 Å². The van der Waals surface area contributed by atoms with Gasteiger partial charge in [-0.05, 0) is 106 Å². The van der Waals surface area contributed by atoms with Gasteiger partial charge in [-0.2, -0.15) is 0 Å². The maximum absolute atomic E-state index is 5.24. The Morgan fingerprint density at radius 1 is 0.328 bits per heavy atom. The lowest BCUT2D eigenvalue weighted by Gasteiger charge is -2.33. The number of anilines is 3. The summed E-state index contributed by atoms with van der Waals surface area (Å²) in [6, 6.07) is 87.0. The Kier molecular flexibility index (Phi) is 9.39. The van der Waals surface area contributed by atoms with Crippen LogP contribution in [0, 0.1) is 0 Å². The highest BCUT2D eigenvalue weighted by Gasteiger charge is 2.26. The highest BCUT2D eigenvalue weighted by atomic mass is 32.2. The van der Waals surface area contributed by atoms with Crippen molar-refractivity contribution in [2.45, 2.75) is 9.79 Å². The summed E-state index contributed by atoms with van der Waals surface area (Å²) in [6.07, 6.45) is 0. The van der Waals surface area contributed by atoms with Crippen molar-refractivity contribution >= 4 is 61.4 Å². The zero-order valence-electron chi connectivity index (χ0n) is 36.3. The molecule has 0 saturated heterocycles. The highest BCUT2D eigenvalue weighted by molar-refractivity contribution is 7.99. The number of para-hydroxylation sites is 2. The van der Waals surface area contributed by atoms with E-state index in [0.29, 0.717) is 5.82 Å². The Bertz CT molecular complexity index is 3830. The van der Waals surface area contributed by atoms with Crippen LogP contribution in [0.2, 0.25) is 0 Å². The van der Waals surface area contributed by atoms with Crippen molar-refractivity contribution in [3.8, 4) is 61.8 Å². The molecule has 0 unspecified atom stereocenters. The molecule has 10 aromatic carbocycles. The molecule has 1 aliphatic rings. The third kappa shape index (κ3) is 6.87. The van der Waals surface area contributed by atoms with Crippen LogP contribution < -0.4 is 4.90 Å². The molecule has 13 rings (SSSR count). The molecular weight excluding hydrogens is 833 g/mol. The maximum Gasteiger partial charge on any atom is 0.160 e. The highest BCUT2D eigenvalue weighted by Crippen LogP contribution is 2.52. The van der Waals surface area contributed by atoms with E-state index in [4.69, 9.17) is 9.97 Å². The van der Waals surface area contributed by atoms with E-state index in [1.165, 1.54) is 65.0 Å². The average molecular weight is 873 g/mol. The van der Waals surface area contributed by atoms with Gasteiger partial charge in [0.15, 0.2) is 5.82 Å². The van der Waals surface area contributed by atoms with E-state index >= 15 is 0 Å². The minimum Gasteiger partial charge on any atom is -0.309 e. The molecule has 0 atom stereocenters. The minimum atomic E-state index is 0.693. The molecule has 0 radical (unpaired) electrons.